The molecule has 0 N–H and O–H groups in total. The lowest BCUT2D eigenvalue weighted by Crippen LogP contribution is -2.10. The summed E-state index contributed by atoms with van der Waals surface area (Å²) in [6.07, 6.45) is 0.598. The Morgan fingerprint density at radius 3 is 2.29 bits per heavy atom. The van der Waals surface area contributed by atoms with E-state index in [1.54, 1.807) is 0 Å². The molecule has 0 saturated carbocycles. The molecule has 0 aliphatic heterocycles. The molecular formula is C14H11FO5S. The molecule has 0 atom stereocenters. The van der Waals surface area contributed by atoms with E-state index in [-0.39, 0.29) is 16.4 Å². The first-order chi connectivity index (χ1) is 9.96. The molecule has 0 bridgehead atoms. The number of rotatable bonds is 5. The molecule has 0 saturated heterocycles. The number of aldehydes is 1. The van der Waals surface area contributed by atoms with Gasteiger partial charge < -0.3 is 8.92 Å². The van der Waals surface area contributed by atoms with E-state index in [1.807, 2.05) is 0 Å². The van der Waals surface area contributed by atoms with E-state index in [0.29, 0.717) is 11.8 Å². The summed E-state index contributed by atoms with van der Waals surface area (Å²) < 4.78 is 46.9. The Kier molecular flexibility index (Phi) is 4.23. The lowest BCUT2D eigenvalue weighted by molar-refractivity contribution is 0.112. The van der Waals surface area contributed by atoms with E-state index >= 15 is 0 Å². The molecule has 0 fully saturated rings. The summed E-state index contributed by atoms with van der Waals surface area (Å²) in [5, 5.41) is 0. The smallest absolute Gasteiger partial charge is 0.339 e. The van der Waals surface area contributed by atoms with Gasteiger partial charge >= 0.3 is 10.1 Å². The number of carbonyl (C=O) groups is 1. The Labute approximate surface area is 121 Å². The Morgan fingerprint density at radius 2 is 1.71 bits per heavy atom. The number of hydrogen-bond acceptors (Lipinski definition) is 5. The van der Waals surface area contributed by atoms with Gasteiger partial charge in [0.2, 0.25) is 0 Å². The summed E-state index contributed by atoms with van der Waals surface area (Å²) in [5.74, 6) is -0.514. The first-order valence-electron chi connectivity index (χ1n) is 5.79. The van der Waals surface area contributed by atoms with Crippen molar-refractivity contribution in [3.8, 4) is 11.5 Å². The topological polar surface area (TPSA) is 69.7 Å². The van der Waals surface area contributed by atoms with Gasteiger partial charge in [0.05, 0.1) is 7.11 Å². The molecule has 7 heteroatoms. The zero-order valence-electron chi connectivity index (χ0n) is 10.9. The minimum absolute atomic E-state index is 0.0626. The average Bonchev–Trinajstić information content (AvgIpc) is 2.47. The molecule has 0 spiro atoms. The standard InChI is InChI=1S/C14H11FO5S/c1-19-14-8-10(9-16)2-7-13(14)20-21(17,18)12-5-3-11(15)4-6-12/h2-9H,1H3. The van der Waals surface area contributed by atoms with Crippen molar-refractivity contribution in [1.29, 1.82) is 0 Å². The highest BCUT2D eigenvalue weighted by Gasteiger charge is 2.19. The third-order valence-corrected chi connectivity index (χ3v) is 3.87. The highest BCUT2D eigenvalue weighted by atomic mass is 32.2. The maximum atomic E-state index is 12.8. The highest BCUT2D eigenvalue weighted by Crippen LogP contribution is 2.30. The number of benzene rings is 2. The molecule has 2 aromatic rings. The van der Waals surface area contributed by atoms with Crippen LogP contribution >= 0.6 is 0 Å². The zero-order valence-corrected chi connectivity index (χ0v) is 11.8. The molecule has 0 aliphatic carbocycles. The van der Waals surface area contributed by atoms with Crippen LogP contribution in [0, 0.1) is 5.82 Å². The van der Waals surface area contributed by atoms with Gasteiger partial charge in [-0.3, -0.25) is 4.79 Å². The molecule has 0 aromatic heterocycles. The second-order valence-electron chi connectivity index (χ2n) is 4.02. The number of methoxy groups -OCH3 is 1. The van der Waals surface area contributed by atoms with E-state index in [1.165, 1.54) is 25.3 Å². The van der Waals surface area contributed by atoms with E-state index in [2.05, 4.69) is 0 Å². The molecule has 2 aromatic carbocycles. The molecular weight excluding hydrogens is 299 g/mol. The molecule has 0 amide bonds. The molecule has 0 radical (unpaired) electrons. The second-order valence-corrected chi connectivity index (χ2v) is 5.57. The fourth-order valence-corrected chi connectivity index (χ4v) is 2.53. The quantitative estimate of drug-likeness (QED) is 0.626. The largest absolute Gasteiger partial charge is 0.493 e. The van der Waals surface area contributed by atoms with E-state index in [9.17, 15) is 17.6 Å². The minimum Gasteiger partial charge on any atom is -0.493 e. The maximum absolute atomic E-state index is 12.8. The predicted octanol–water partition coefficient (Wildman–Crippen LogP) is 2.41. The predicted molar refractivity (Wildman–Crippen MR) is 72.6 cm³/mol. The average molecular weight is 310 g/mol. The van der Waals surface area contributed by atoms with Crippen molar-refractivity contribution in [2.24, 2.45) is 0 Å². The molecule has 21 heavy (non-hydrogen) atoms. The summed E-state index contributed by atoms with van der Waals surface area (Å²) in [4.78, 5) is 10.5. The van der Waals surface area contributed by atoms with E-state index in [4.69, 9.17) is 8.92 Å². The molecule has 0 aliphatic rings. The minimum atomic E-state index is -4.12. The summed E-state index contributed by atoms with van der Waals surface area (Å²) in [5.41, 5.74) is 0.318. The molecule has 110 valence electrons. The SMILES string of the molecule is COc1cc(C=O)ccc1OS(=O)(=O)c1ccc(F)cc1. The summed E-state index contributed by atoms with van der Waals surface area (Å²) in [6, 6.07) is 8.27. The van der Waals surface area contributed by atoms with E-state index in [0.717, 1.165) is 24.3 Å². The number of hydrogen-bond donors (Lipinski definition) is 0. The van der Waals surface area contributed by atoms with Gasteiger partial charge in [0.1, 0.15) is 17.0 Å². The van der Waals surface area contributed by atoms with Crippen molar-refractivity contribution in [2.75, 3.05) is 7.11 Å². The Bertz CT molecular complexity index is 753. The fraction of sp³-hybridized carbons (Fsp3) is 0.0714. The van der Waals surface area contributed by atoms with E-state index < -0.39 is 15.9 Å². The van der Waals surface area contributed by atoms with Gasteiger partial charge in [0.15, 0.2) is 11.5 Å². The molecule has 5 nitrogen and oxygen atoms in total. The van der Waals surface area contributed by atoms with Crippen LogP contribution in [0.3, 0.4) is 0 Å². The number of halogens is 1. The van der Waals surface area contributed by atoms with Gasteiger partial charge in [-0.15, -0.1) is 0 Å². The second kappa shape index (κ2) is 5.92. The normalized spacial score (nSPS) is 11.0. The third kappa shape index (κ3) is 3.38. The Balaban J connectivity index is 2.36. The Morgan fingerprint density at radius 1 is 1.05 bits per heavy atom. The van der Waals surface area contributed by atoms with Crippen LogP contribution in [0.5, 0.6) is 11.5 Å². The van der Waals surface area contributed by atoms with Crippen molar-refractivity contribution in [1.82, 2.24) is 0 Å². The Hall–Kier alpha value is -2.41. The van der Waals surface area contributed by atoms with Crippen LogP contribution in [-0.2, 0) is 10.1 Å². The van der Waals surface area contributed by atoms with Crippen molar-refractivity contribution >= 4 is 16.4 Å². The zero-order chi connectivity index (χ0) is 15.5. The molecule has 0 heterocycles. The van der Waals surface area contributed by atoms with Crippen molar-refractivity contribution in [3.63, 3.8) is 0 Å². The molecule has 0 unspecified atom stereocenters. The maximum Gasteiger partial charge on any atom is 0.339 e. The van der Waals surface area contributed by atoms with Crippen LogP contribution in [-0.4, -0.2) is 21.8 Å². The van der Waals surface area contributed by atoms with Gasteiger partial charge in [0.25, 0.3) is 0 Å². The van der Waals surface area contributed by atoms with Gasteiger partial charge in [0, 0.05) is 5.56 Å². The van der Waals surface area contributed by atoms with Gasteiger partial charge in [-0.1, -0.05) is 0 Å². The van der Waals surface area contributed by atoms with Crippen LogP contribution in [0.25, 0.3) is 0 Å². The summed E-state index contributed by atoms with van der Waals surface area (Å²) in [7, 11) is -2.80. The van der Waals surface area contributed by atoms with Crippen LogP contribution in [0.15, 0.2) is 47.4 Å². The van der Waals surface area contributed by atoms with Crippen molar-refractivity contribution in [3.05, 3.63) is 53.8 Å². The lowest BCUT2D eigenvalue weighted by Gasteiger charge is -2.11. The van der Waals surface area contributed by atoms with Crippen molar-refractivity contribution in [2.45, 2.75) is 4.90 Å². The van der Waals surface area contributed by atoms with Gasteiger partial charge in [-0.2, -0.15) is 8.42 Å². The number of carbonyl (C=O) groups excluding carboxylic acids is 1. The summed E-state index contributed by atoms with van der Waals surface area (Å²) in [6.45, 7) is 0. The fourth-order valence-electron chi connectivity index (χ4n) is 1.59. The highest BCUT2D eigenvalue weighted by molar-refractivity contribution is 7.87. The van der Waals surface area contributed by atoms with Gasteiger partial charge in [-0.05, 0) is 42.5 Å². The number of ether oxygens (including phenoxy) is 1. The van der Waals surface area contributed by atoms with Gasteiger partial charge in [-0.25, -0.2) is 4.39 Å². The van der Waals surface area contributed by atoms with Crippen LogP contribution in [0.2, 0.25) is 0 Å². The first-order valence-corrected chi connectivity index (χ1v) is 7.20. The van der Waals surface area contributed by atoms with Crippen LogP contribution in [0.1, 0.15) is 10.4 Å². The monoisotopic (exact) mass is 310 g/mol. The molecule has 2 rings (SSSR count). The van der Waals surface area contributed by atoms with Crippen LogP contribution in [0.4, 0.5) is 4.39 Å². The third-order valence-electron chi connectivity index (χ3n) is 2.63. The van der Waals surface area contributed by atoms with Crippen LogP contribution < -0.4 is 8.92 Å². The van der Waals surface area contributed by atoms with Crippen molar-refractivity contribution < 1.29 is 26.5 Å². The first kappa shape index (κ1) is 15.0. The summed E-state index contributed by atoms with van der Waals surface area (Å²) >= 11 is 0. The lowest BCUT2D eigenvalue weighted by atomic mass is 10.2.